The van der Waals surface area contributed by atoms with E-state index in [1.54, 1.807) is 0 Å². The third kappa shape index (κ3) is 4.51. The number of carbonyl (C=O) groups is 1. The fourth-order valence-electron chi connectivity index (χ4n) is 2.61. The Labute approximate surface area is 146 Å². The van der Waals surface area contributed by atoms with Crippen LogP contribution in [0.15, 0.2) is 46.9 Å². The maximum Gasteiger partial charge on any atom is 0.257 e. The molecule has 5 nitrogen and oxygen atoms in total. The summed E-state index contributed by atoms with van der Waals surface area (Å²) >= 11 is 0. The molecule has 1 amide bonds. The lowest BCUT2D eigenvalue weighted by molar-refractivity contribution is -0.123. The van der Waals surface area contributed by atoms with Crippen molar-refractivity contribution in [1.29, 1.82) is 0 Å². The quantitative estimate of drug-likeness (QED) is 0.631. The van der Waals surface area contributed by atoms with Gasteiger partial charge in [-0.15, -0.1) is 0 Å². The third-order valence-electron chi connectivity index (χ3n) is 3.81. The molecule has 0 saturated heterocycles. The highest BCUT2D eigenvalue weighted by atomic mass is 16.5. The molecule has 0 atom stereocenters. The minimum atomic E-state index is -0.137. The van der Waals surface area contributed by atoms with Gasteiger partial charge < -0.3 is 19.2 Å². The number of amides is 1. The molecule has 132 valence electrons. The summed E-state index contributed by atoms with van der Waals surface area (Å²) in [5.74, 6) is 0.513. The normalized spacial score (nSPS) is 11.3. The average molecular weight is 341 g/mol. The van der Waals surface area contributed by atoms with Crippen LogP contribution in [0.1, 0.15) is 20.3 Å². The van der Waals surface area contributed by atoms with E-state index in [0.29, 0.717) is 18.9 Å². The molecule has 3 rings (SSSR count). The van der Waals surface area contributed by atoms with E-state index in [9.17, 15) is 4.79 Å². The van der Waals surface area contributed by atoms with Crippen molar-refractivity contribution < 1.29 is 18.7 Å². The van der Waals surface area contributed by atoms with Crippen LogP contribution in [0.3, 0.4) is 0 Å². The van der Waals surface area contributed by atoms with Gasteiger partial charge in [0.2, 0.25) is 0 Å². The second-order valence-corrected chi connectivity index (χ2v) is 6.17. The molecule has 1 heterocycles. The molecule has 0 spiro atoms. The molecule has 1 N–H and O–H groups in total. The van der Waals surface area contributed by atoms with Crippen LogP contribution in [0.5, 0.6) is 5.75 Å². The van der Waals surface area contributed by atoms with Crippen molar-refractivity contribution in [3.05, 3.63) is 42.5 Å². The highest BCUT2D eigenvalue weighted by Crippen LogP contribution is 2.31. The molecule has 0 aliphatic heterocycles. The first-order valence-corrected chi connectivity index (χ1v) is 8.56. The zero-order valence-corrected chi connectivity index (χ0v) is 14.6. The van der Waals surface area contributed by atoms with Crippen molar-refractivity contribution in [2.45, 2.75) is 26.4 Å². The fraction of sp³-hybridized carbons (Fsp3) is 0.350. The number of hydrogen-bond acceptors (Lipinski definition) is 4. The Kier molecular flexibility index (Phi) is 5.56. The summed E-state index contributed by atoms with van der Waals surface area (Å²) in [7, 11) is 0. The van der Waals surface area contributed by atoms with Gasteiger partial charge in [-0.2, -0.15) is 0 Å². The Balaban J connectivity index is 1.53. The number of ether oxygens (including phenoxy) is 2. The Morgan fingerprint density at radius 1 is 1.12 bits per heavy atom. The zero-order valence-electron chi connectivity index (χ0n) is 14.6. The second-order valence-electron chi connectivity index (χ2n) is 6.17. The van der Waals surface area contributed by atoms with Gasteiger partial charge in [-0.1, -0.05) is 18.2 Å². The van der Waals surface area contributed by atoms with E-state index >= 15 is 0 Å². The van der Waals surface area contributed by atoms with Gasteiger partial charge >= 0.3 is 0 Å². The number of para-hydroxylation sites is 1. The zero-order chi connectivity index (χ0) is 17.6. The summed E-state index contributed by atoms with van der Waals surface area (Å²) in [6.07, 6.45) is 1.00. The number of fused-ring (bicyclic) bond motifs is 3. The van der Waals surface area contributed by atoms with Crippen molar-refractivity contribution in [1.82, 2.24) is 5.32 Å². The summed E-state index contributed by atoms with van der Waals surface area (Å²) in [4.78, 5) is 11.8. The lowest BCUT2D eigenvalue weighted by Gasteiger charge is -2.09. The first-order valence-electron chi connectivity index (χ1n) is 8.56. The number of nitrogens with one attached hydrogen (secondary N) is 1. The molecule has 0 aliphatic carbocycles. The summed E-state index contributed by atoms with van der Waals surface area (Å²) < 4.78 is 16.8. The largest absolute Gasteiger partial charge is 0.484 e. The summed E-state index contributed by atoms with van der Waals surface area (Å²) in [5.41, 5.74) is 1.65. The molecule has 1 aromatic heterocycles. The highest BCUT2D eigenvalue weighted by Gasteiger charge is 2.08. The second kappa shape index (κ2) is 8.03. The summed E-state index contributed by atoms with van der Waals surface area (Å²) in [6.45, 7) is 5.20. The van der Waals surface area contributed by atoms with Crippen molar-refractivity contribution in [2.75, 3.05) is 19.8 Å². The molecule has 25 heavy (non-hydrogen) atoms. The topological polar surface area (TPSA) is 60.7 Å². The summed E-state index contributed by atoms with van der Waals surface area (Å²) in [5, 5.41) is 4.85. The molecule has 5 heteroatoms. The predicted octanol–water partition coefficient (Wildman–Crippen LogP) is 3.90. The van der Waals surface area contributed by atoms with Crippen LogP contribution in [0.2, 0.25) is 0 Å². The van der Waals surface area contributed by atoms with Gasteiger partial charge in [-0.3, -0.25) is 4.79 Å². The van der Waals surface area contributed by atoms with E-state index in [-0.39, 0.29) is 18.6 Å². The molecule has 0 fully saturated rings. The molecule has 0 radical (unpaired) electrons. The smallest absolute Gasteiger partial charge is 0.257 e. The van der Waals surface area contributed by atoms with E-state index in [0.717, 1.165) is 28.4 Å². The van der Waals surface area contributed by atoms with Crippen molar-refractivity contribution >= 4 is 27.8 Å². The lowest BCUT2D eigenvalue weighted by atomic mass is 10.1. The Morgan fingerprint density at radius 3 is 2.76 bits per heavy atom. The highest BCUT2D eigenvalue weighted by molar-refractivity contribution is 6.05. The van der Waals surface area contributed by atoms with Crippen LogP contribution in [0, 0.1) is 0 Å². The molecular formula is C20H23NO4. The first-order chi connectivity index (χ1) is 12.1. The number of rotatable bonds is 8. The standard InChI is InChI=1S/C20H23NO4/c1-14(2)23-11-5-10-21-20(22)13-24-15-8-9-19-17(12-15)16-6-3-4-7-18(16)25-19/h3-4,6-9,12,14H,5,10-11,13H2,1-2H3,(H,21,22). The minimum Gasteiger partial charge on any atom is -0.484 e. The van der Waals surface area contributed by atoms with E-state index in [1.165, 1.54) is 0 Å². The van der Waals surface area contributed by atoms with E-state index in [2.05, 4.69) is 5.32 Å². The molecule has 0 saturated carbocycles. The number of carbonyl (C=O) groups excluding carboxylic acids is 1. The van der Waals surface area contributed by atoms with E-state index < -0.39 is 0 Å². The summed E-state index contributed by atoms with van der Waals surface area (Å²) in [6, 6.07) is 13.5. The number of furan rings is 1. The van der Waals surface area contributed by atoms with Crippen LogP contribution in [-0.2, 0) is 9.53 Å². The average Bonchev–Trinajstić information content (AvgIpc) is 2.97. The molecule has 0 bridgehead atoms. The molecule has 2 aromatic carbocycles. The third-order valence-corrected chi connectivity index (χ3v) is 3.81. The van der Waals surface area contributed by atoms with E-state index in [1.807, 2.05) is 56.3 Å². The molecule has 0 aliphatic rings. The fourth-order valence-corrected chi connectivity index (χ4v) is 2.61. The van der Waals surface area contributed by atoms with Crippen molar-refractivity contribution in [3.63, 3.8) is 0 Å². The van der Waals surface area contributed by atoms with Crippen LogP contribution in [-0.4, -0.2) is 31.8 Å². The van der Waals surface area contributed by atoms with Crippen LogP contribution in [0.25, 0.3) is 21.9 Å². The molecule has 0 unspecified atom stereocenters. The van der Waals surface area contributed by atoms with Crippen LogP contribution in [0.4, 0.5) is 0 Å². The lowest BCUT2D eigenvalue weighted by Crippen LogP contribution is -2.30. The van der Waals surface area contributed by atoms with Crippen LogP contribution >= 0.6 is 0 Å². The van der Waals surface area contributed by atoms with Crippen LogP contribution < -0.4 is 10.1 Å². The molecule has 3 aromatic rings. The molecular weight excluding hydrogens is 318 g/mol. The Morgan fingerprint density at radius 2 is 1.92 bits per heavy atom. The first kappa shape index (κ1) is 17.3. The number of hydrogen-bond donors (Lipinski definition) is 1. The SMILES string of the molecule is CC(C)OCCCNC(=O)COc1ccc2oc3ccccc3c2c1. The van der Waals surface area contributed by atoms with Crippen molar-refractivity contribution in [3.8, 4) is 5.75 Å². The van der Waals surface area contributed by atoms with Gasteiger partial charge in [0.25, 0.3) is 5.91 Å². The monoisotopic (exact) mass is 341 g/mol. The minimum absolute atomic E-state index is 0.00761. The Bertz CT molecular complexity index is 853. The van der Waals surface area contributed by atoms with Gasteiger partial charge in [0.15, 0.2) is 6.61 Å². The van der Waals surface area contributed by atoms with Gasteiger partial charge in [-0.05, 0) is 44.5 Å². The van der Waals surface area contributed by atoms with Gasteiger partial charge in [-0.25, -0.2) is 0 Å². The van der Waals surface area contributed by atoms with Crippen molar-refractivity contribution in [2.24, 2.45) is 0 Å². The Hall–Kier alpha value is -2.53. The van der Waals surface area contributed by atoms with E-state index in [4.69, 9.17) is 13.9 Å². The predicted molar refractivity (Wildman–Crippen MR) is 97.9 cm³/mol. The number of benzene rings is 2. The maximum absolute atomic E-state index is 11.8. The van der Waals surface area contributed by atoms with Gasteiger partial charge in [0, 0.05) is 23.9 Å². The maximum atomic E-state index is 11.8. The van der Waals surface area contributed by atoms with Gasteiger partial charge in [0.1, 0.15) is 16.9 Å². The van der Waals surface area contributed by atoms with Gasteiger partial charge in [0.05, 0.1) is 6.10 Å².